The SMILES string of the molecule is N#CCOc1ccc(/C(Cc2ccccc2)=N/O)c(O)c1. The van der Waals surface area contributed by atoms with Gasteiger partial charge in [-0.05, 0) is 17.7 Å². The van der Waals surface area contributed by atoms with Gasteiger partial charge in [0, 0.05) is 18.1 Å². The first-order valence-corrected chi connectivity index (χ1v) is 6.32. The highest BCUT2D eigenvalue weighted by molar-refractivity contribution is 6.03. The molecule has 0 aliphatic rings. The number of nitriles is 1. The topological polar surface area (TPSA) is 85.8 Å². The van der Waals surface area contributed by atoms with Crippen molar-refractivity contribution in [3.05, 3.63) is 59.7 Å². The van der Waals surface area contributed by atoms with Crippen molar-refractivity contribution in [1.82, 2.24) is 0 Å². The molecule has 0 amide bonds. The normalized spacial score (nSPS) is 10.9. The van der Waals surface area contributed by atoms with E-state index in [-0.39, 0.29) is 12.4 Å². The van der Waals surface area contributed by atoms with Crippen molar-refractivity contribution in [3.63, 3.8) is 0 Å². The van der Waals surface area contributed by atoms with Crippen LogP contribution >= 0.6 is 0 Å². The van der Waals surface area contributed by atoms with Crippen LogP contribution in [0.4, 0.5) is 0 Å². The summed E-state index contributed by atoms with van der Waals surface area (Å²) in [6, 6.07) is 16.0. The summed E-state index contributed by atoms with van der Waals surface area (Å²) in [7, 11) is 0. The third kappa shape index (κ3) is 3.74. The highest BCUT2D eigenvalue weighted by Gasteiger charge is 2.12. The molecule has 5 heteroatoms. The van der Waals surface area contributed by atoms with Gasteiger partial charge < -0.3 is 15.1 Å². The zero-order valence-electron chi connectivity index (χ0n) is 11.2. The first-order valence-electron chi connectivity index (χ1n) is 6.32. The zero-order valence-corrected chi connectivity index (χ0v) is 11.2. The lowest BCUT2D eigenvalue weighted by atomic mass is 10.0. The number of hydrogen-bond acceptors (Lipinski definition) is 5. The lowest BCUT2D eigenvalue weighted by Gasteiger charge is -2.09. The predicted molar refractivity (Wildman–Crippen MR) is 77.7 cm³/mol. The smallest absolute Gasteiger partial charge is 0.174 e. The molecular weight excluding hydrogens is 268 g/mol. The molecule has 0 atom stereocenters. The number of ether oxygens (including phenoxy) is 1. The molecule has 2 rings (SSSR count). The van der Waals surface area contributed by atoms with E-state index in [9.17, 15) is 10.3 Å². The maximum Gasteiger partial charge on any atom is 0.174 e. The van der Waals surface area contributed by atoms with Gasteiger partial charge in [0.25, 0.3) is 0 Å². The Morgan fingerprint density at radius 1 is 1.19 bits per heavy atom. The lowest BCUT2D eigenvalue weighted by molar-refractivity contribution is 0.318. The Morgan fingerprint density at radius 3 is 2.57 bits per heavy atom. The van der Waals surface area contributed by atoms with E-state index in [1.165, 1.54) is 6.07 Å². The van der Waals surface area contributed by atoms with Crippen LogP contribution in [0, 0.1) is 11.3 Å². The molecule has 0 aromatic heterocycles. The Labute approximate surface area is 122 Å². The number of aromatic hydroxyl groups is 1. The molecule has 0 spiro atoms. The van der Waals surface area contributed by atoms with Crippen LogP contribution in [-0.2, 0) is 6.42 Å². The molecule has 5 nitrogen and oxygen atoms in total. The molecule has 0 radical (unpaired) electrons. The van der Waals surface area contributed by atoms with Gasteiger partial charge in [0.15, 0.2) is 6.61 Å². The van der Waals surface area contributed by atoms with Crippen molar-refractivity contribution < 1.29 is 15.1 Å². The average molecular weight is 282 g/mol. The van der Waals surface area contributed by atoms with Crippen molar-refractivity contribution >= 4 is 5.71 Å². The third-order valence-electron chi connectivity index (χ3n) is 2.92. The summed E-state index contributed by atoms with van der Waals surface area (Å²) in [5.41, 5.74) is 1.74. The fourth-order valence-corrected chi connectivity index (χ4v) is 1.93. The average Bonchev–Trinajstić information content (AvgIpc) is 2.52. The Hall–Kier alpha value is -3.00. The van der Waals surface area contributed by atoms with Crippen LogP contribution in [0.2, 0.25) is 0 Å². The zero-order chi connectivity index (χ0) is 15.1. The second kappa shape index (κ2) is 6.96. The maximum atomic E-state index is 10.0. The third-order valence-corrected chi connectivity index (χ3v) is 2.92. The number of phenolic OH excluding ortho intramolecular Hbond substituents is 1. The number of hydrogen-bond donors (Lipinski definition) is 2. The van der Waals surface area contributed by atoms with Crippen molar-refractivity contribution in [2.75, 3.05) is 6.61 Å². The van der Waals surface area contributed by atoms with Gasteiger partial charge >= 0.3 is 0 Å². The van der Waals surface area contributed by atoms with E-state index < -0.39 is 0 Å². The van der Waals surface area contributed by atoms with Crippen LogP contribution in [0.5, 0.6) is 11.5 Å². The molecular formula is C16H14N2O3. The Morgan fingerprint density at radius 2 is 1.95 bits per heavy atom. The number of rotatable bonds is 5. The van der Waals surface area contributed by atoms with E-state index in [0.29, 0.717) is 23.4 Å². The van der Waals surface area contributed by atoms with Crippen molar-refractivity contribution in [3.8, 4) is 17.6 Å². The molecule has 0 unspecified atom stereocenters. The van der Waals surface area contributed by atoms with E-state index in [1.807, 2.05) is 36.4 Å². The maximum absolute atomic E-state index is 10.0. The van der Waals surface area contributed by atoms with Crippen LogP contribution in [0.1, 0.15) is 11.1 Å². The second-order valence-corrected chi connectivity index (χ2v) is 4.33. The molecule has 2 aromatic rings. The summed E-state index contributed by atoms with van der Waals surface area (Å²) < 4.78 is 5.10. The summed E-state index contributed by atoms with van der Waals surface area (Å²) in [4.78, 5) is 0. The molecule has 106 valence electrons. The molecule has 0 fully saturated rings. The molecule has 2 N–H and O–H groups in total. The minimum absolute atomic E-state index is 0.0610. The first-order chi connectivity index (χ1) is 10.2. The first kappa shape index (κ1) is 14.4. The molecule has 0 saturated heterocycles. The molecule has 0 bridgehead atoms. The summed E-state index contributed by atoms with van der Waals surface area (Å²) in [6.07, 6.45) is 0.392. The molecule has 2 aromatic carbocycles. The summed E-state index contributed by atoms with van der Waals surface area (Å²) in [5.74, 6) is 0.323. The van der Waals surface area contributed by atoms with Gasteiger partial charge in [-0.1, -0.05) is 35.5 Å². The van der Waals surface area contributed by atoms with E-state index in [4.69, 9.17) is 10.00 Å². The number of benzene rings is 2. The van der Waals surface area contributed by atoms with Gasteiger partial charge in [-0.3, -0.25) is 0 Å². The highest BCUT2D eigenvalue weighted by Crippen LogP contribution is 2.25. The van der Waals surface area contributed by atoms with Crippen LogP contribution in [0.15, 0.2) is 53.7 Å². The molecule has 0 aliphatic carbocycles. The highest BCUT2D eigenvalue weighted by atomic mass is 16.5. The molecule has 21 heavy (non-hydrogen) atoms. The standard InChI is InChI=1S/C16H14N2O3/c17-8-9-21-13-6-7-14(16(19)11-13)15(18-20)10-12-4-2-1-3-5-12/h1-7,11,19-20H,9-10H2/b18-15+. The van der Waals surface area contributed by atoms with Crippen LogP contribution in [0.25, 0.3) is 0 Å². The van der Waals surface area contributed by atoms with E-state index in [2.05, 4.69) is 5.16 Å². The van der Waals surface area contributed by atoms with Gasteiger partial charge in [0.1, 0.15) is 17.6 Å². The lowest BCUT2D eigenvalue weighted by Crippen LogP contribution is -2.06. The monoisotopic (exact) mass is 282 g/mol. The van der Waals surface area contributed by atoms with Crippen molar-refractivity contribution in [1.29, 1.82) is 5.26 Å². The minimum Gasteiger partial charge on any atom is -0.507 e. The second-order valence-electron chi connectivity index (χ2n) is 4.33. The van der Waals surface area contributed by atoms with Gasteiger partial charge in [0.05, 0.1) is 5.71 Å². The molecule has 0 aliphatic heterocycles. The largest absolute Gasteiger partial charge is 0.507 e. The summed E-state index contributed by atoms with van der Waals surface area (Å²) >= 11 is 0. The molecule has 0 heterocycles. The summed E-state index contributed by atoms with van der Waals surface area (Å²) in [6.45, 7) is -0.0935. The quantitative estimate of drug-likeness (QED) is 0.501. The fraction of sp³-hybridized carbons (Fsp3) is 0.125. The van der Waals surface area contributed by atoms with E-state index in [1.54, 1.807) is 12.1 Å². The van der Waals surface area contributed by atoms with Crippen molar-refractivity contribution in [2.24, 2.45) is 5.16 Å². The van der Waals surface area contributed by atoms with Crippen LogP contribution in [0.3, 0.4) is 0 Å². The van der Waals surface area contributed by atoms with Gasteiger partial charge in [-0.25, -0.2) is 0 Å². The van der Waals surface area contributed by atoms with Gasteiger partial charge in [-0.2, -0.15) is 5.26 Å². The van der Waals surface area contributed by atoms with E-state index >= 15 is 0 Å². The predicted octanol–water partition coefficient (Wildman–Crippen LogP) is 2.72. The Bertz CT molecular complexity index is 676. The molecule has 0 saturated carbocycles. The summed E-state index contributed by atoms with van der Waals surface area (Å²) in [5, 5.41) is 30.9. The van der Waals surface area contributed by atoms with Gasteiger partial charge in [0.2, 0.25) is 0 Å². The van der Waals surface area contributed by atoms with Crippen molar-refractivity contribution in [2.45, 2.75) is 6.42 Å². The fourth-order valence-electron chi connectivity index (χ4n) is 1.93. The number of oxime groups is 1. The Balaban J connectivity index is 2.21. The van der Waals surface area contributed by atoms with Crippen LogP contribution < -0.4 is 4.74 Å². The van der Waals surface area contributed by atoms with Gasteiger partial charge in [-0.15, -0.1) is 0 Å². The van der Waals surface area contributed by atoms with Crippen LogP contribution in [-0.4, -0.2) is 22.6 Å². The number of phenols is 1. The minimum atomic E-state index is -0.0935. The van der Waals surface area contributed by atoms with E-state index in [0.717, 1.165) is 5.56 Å². The number of nitrogens with zero attached hydrogens (tertiary/aromatic N) is 2. The Kier molecular flexibility index (Phi) is 4.78.